The van der Waals surface area contributed by atoms with E-state index in [-0.39, 0.29) is 23.9 Å². The van der Waals surface area contributed by atoms with Crippen molar-refractivity contribution >= 4 is 11.8 Å². The lowest BCUT2D eigenvalue weighted by Gasteiger charge is -2.11. The molecule has 0 spiro atoms. The van der Waals surface area contributed by atoms with Crippen molar-refractivity contribution in [2.45, 2.75) is 18.9 Å². The van der Waals surface area contributed by atoms with Crippen molar-refractivity contribution in [1.29, 1.82) is 0 Å². The van der Waals surface area contributed by atoms with Gasteiger partial charge in [0.1, 0.15) is 35.1 Å². The predicted octanol–water partition coefficient (Wildman–Crippen LogP) is 2.49. The highest BCUT2D eigenvalue weighted by Crippen LogP contribution is 2.59. The van der Waals surface area contributed by atoms with Gasteiger partial charge in [0, 0.05) is 23.7 Å². The first-order chi connectivity index (χ1) is 11.2. The lowest BCUT2D eigenvalue weighted by Crippen LogP contribution is -2.13. The SMILES string of the molecule is CCOC(=O)C1C2Oc3ccc(Oc4ccnc(N)c4)cc3C21. The van der Waals surface area contributed by atoms with Crippen LogP contribution < -0.4 is 15.2 Å². The molecule has 3 unspecified atom stereocenters. The van der Waals surface area contributed by atoms with E-state index in [1.165, 1.54) is 0 Å². The monoisotopic (exact) mass is 312 g/mol. The fraction of sp³-hybridized carbons (Fsp3) is 0.294. The number of fused-ring (bicyclic) bond motifs is 3. The number of aromatic nitrogens is 1. The minimum atomic E-state index is -0.200. The number of esters is 1. The number of anilines is 1. The molecule has 0 saturated heterocycles. The predicted molar refractivity (Wildman–Crippen MR) is 82.4 cm³/mol. The number of hydrogen-bond acceptors (Lipinski definition) is 6. The number of rotatable bonds is 4. The first-order valence-electron chi connectivity index (χ1n) is 7.54. The molecule has 0 amide bonds. The van der Waals surface area contributed by atoms with Crippen LogP contribution in [0.1, 0.15) is 18.4 Å². The van der Waals surface area contributed by atoms with Gasteiger partial charge in [-0.1, -0.05) is 0 Å². The van der Waals surface area contributed by atoms with E-state index in [0.717, 1.165) is 11.3 Å². The molecule has 4 rings (SSSR count). The van der Waals surface area contributed by atoms with E-state index < -0.39 is 0 Å². The minimum absolute atomic E-state index is 0.0649. The van der Waals surface area contributed by atoms with Gasteiger partial charge in [0.15, 0.2) is 0 Å². The first-order valence-corrected chi connectivity index (χ1v) is 7.54. The van der Waals surface area contributed by atoms with Gasteiger partial charge in [0.2, 0.25) is 0 Å². The number of ether oxygens (including phenoxy) is 3. The summed E-state index contributed by atoms with van der Waals surface area (Å²) < 4.78 is 16.7. The molecule has 2 aliphatic rings. The second kappa shape index (κ2) is 5.15. The number of hydrogen-bond donors (Lipinski definition) is 1. The molecule has 1 aromatic carbocycles. The van der Waals surface area contributed by atoms with Crippen molar-refractivity contribution < 1.29 is 19.0 Å². The fourth-order valence-electron chi connectivity index (χ4n) is 3.05. The summed E-state index contributed by atoms with van der Waals surface area (Å²) in [5, 5.41) is 0. The molecule has 1 aromatic heterocycles. The molecule has 2 heterocycles. The van der Waals surface area contributed by atoms with E-state index in [4.69, 9.17) is 19.9 Å². The summed E-state index contributed by atoms with van der Waals surface area (Å²) >= 11 is 0. The topological polar surface area (TPSA) is 83.7 Å². The van der Waals surface area contributed by atoms with Crippen LogP contribution in [0.5, 0.6) is 17.2 Å². The zero-order valence-corrected chi connectivity index (χ0v) is 12.6. The lowest BCUT2D eigenvalue weighted by molar-refractivity contribution is -0.145. The second-order valence-corrected chi connectivity index (χ2v) is 5.60. The van der Waals surface area contributed by atoms with Crippen molar-refractivity contribution in [3.8, 4) is 17.2 Å². The first kappa shape index (κ1) is 13.9. The summed E-state index contributed by atoms with van der Waals surface area (Å²) in [6.07, 6.45) is 1.49. The number of nitrogens with two attached hydrogens (primary N) is 1. The molecule has 1 saturated carbocycles. The molecule has 6 nitrogen and oxygen atoms in total. The van der Waals surface area contributed by atoms with Crippen LogP contribution in [-0.4, -0.2) is 23.7 Å². The van der Waals surface area contributed by atoms with Gasteiger partial charge in [-0.2, -0.15) is 0 Å². The highest BCUT2D eigenvalue weighted by atomic mass is 16.5. The van der Waals surface area contributed by atoms with Crippen molar-refractivity contribution in [1.82, 2.24) is 4.98 Å². The van der Waals surface area contributed by atoms with Gasteiger partial charge >= 0.3 is 5.97 Å². The van der Waals surface area contributed by atoms with Gasteiger partial charge in [-0.25, -0.2) is 4.98 Å². The third kappa shape index (κ3) is 2.36. The van der Waals surface area contributed by atoms with Crippen LogP contribution in [-0.2, 0) is 9.53 Å². The minimum Gasteiger partial charge on any atom is -0.489 e. The molecule has 118 valence electrons. The lowest BCUT2D eigenvalue weighted by atomic mass is 10.1. The Kier molecular flexibility index (Phi) is 3.11. The van der Waals surface area contributed by atoms with Gasteiger partial charge in [0.05, 0.1) is 6.61 Å². The average Bonchev–Trinajstić information content (AvgIpc) is 3.12. The number of benzene rings is 1. The number of nitrogens with zero attached hydrogens (tertiary/aromatic N) is 1. The summed E-state index contributed by atoms with van der Waals surface area (Å²) in [4.78, 5) is 15.8. The summed E-state index contributed by atoms with van der Waals surface area (Å²) in [5.41, 5.74) is 6.64. The molecule has 0 radical (unpaired) electrons. The molecular weight excluding hydrogens is 296 g/mol. The highest BCUT2D eigenvalue weighted by Gasteiger charge is 2.63. The second-order valence-electron chi connectivity index (χ2n) is 5.60. The van der Waals surface area contributed by atoms with Crippen molar-refractivity contribution in [2.75, 3.05) is 12.3 Å². The maximum Gasteiger partial charge on any atom is 0.313 e. The van der Waals surface area contributed by atoms with Crippen LogP contribution in [0.25, 0.3) is 0 Å². The van der Waals surface area contributed by atoms with Crippen LogP contribution >= 0.6 is 0 Å². The summed E-state index contributed by atoms with van der Waals surface area (Å²) in [6.45, 7) is 2.19. The van der Waals surface area contributed by atoms with Gasteiger partial charge in [-0.3, -0.25) is 4.79 Å². The normalized spacial score (nSPS) is 23.4. The van der Waals surface area contributed by atoms with E-state index in [0.29, 0.717) is 23.9 Å². The van der Waals surface area contributed by atoms with Crippen molar-refractivity contribution in [2.24, 2.45) is 5.92 Å². The molecule has 2 aromatic rings. The Morgan fingerprint density at radius 2 is 2.13 bits per heavy atom. The molecule has 1 aliphatic carbocycles. The van der Waals surface area contributed by atoms with Crippen LogP contribution in [0.15, 0.2) is 36.5 Å². The average molecular weight is 312 g/mol. The molecule has 0 bridgehead atoms. The van der Waals surface area contributed by atoms with Crippen molar-refractivity contribution in [3.05, 3.63) is 42.1 Å². The maximum atomic E-state index is 11.9. The van der Waals surface area contributed by atoms with E-state index in [2.05, 4.69) is 4.98 Å². The molecule has 3 atom stereocenters. The molecule has 6 heteroatoms. The number of nitrogen functional groups attached to an aromatic ring is 1. The van der Waals surface area contributed by atoms with Crippen molar-refractivity contribution in [3.63, 3.8) is 0 Å². The van der Waals surface area contributed by atoms with Crippen LogP contribution in [0.2, 0.25) is 0 Å². The Balaban J connectivity index is 1.55. The summed E-state index contributed by atoms with van der Waals surface area (Å²) in [7, 11) is 0. The molecule has 23 heavy (non-hydrogen) atoms. The van der Waals surface area contributed by atoms with E-state index >= 15 is 0 Å². The maximum absolute atomic E-state index is 11.9. The molecular formula is C17H16N2O4. The third-order valence-electron chi connectivity index (χ3n) is 4.10. The zero-order chi connectivity index (χ0) is 16.0. The standard InChI is InChI=1S/C17H16N2O4/c1-2-21-17(20)15-14-11-7-9(3-4-12(11)23-16(14)15)22-10-5-6-19-13(18)8-10/h3-8,14-16H,2H2,1H3,(H2,18,19). The van der Waals surface area contributed by atoms with E-state index in [1.54, 1.807) is 25.3 Å². The highest BCUT2D eigenvalue weighted by molar-refractivity contribution is 5.80. The van der Waals surface area contributed by atoms with Gasteiger partial charge < -0.3 is 19.9 Å². The Bertz CT molecular complexity index is 777. The van der Waals surface area contributed by atoms with Gasteiger partial charge in [-0.15, -0.1) is 0 Å². The Morgan fingerprint density at radius 3 is 2.91 bits per heavy atom. The van der Waals surface area contributed by atoms with Crippen LogP contribution in [0.3, 0.4) is 0 Å². The van der Waals surface area contributed by atoms with Gasteiger partial charge in [-0.05, 0) is 31.2 Å². The molecule has 1 fully saturated rings. The summed E-state index contributed by atoms with van der Waals surface area (Å²) in [6, 6.07) is 9.01. The largest absolute Gasteiger partial charge is 0.489 e. The molecule has 2 N–H and O–H groups in total. The van der Waals surface area contributed by atoms with E-state index in [9.17, 15) is 4.79 Å². The number of carbonyl (C=O) groups is 1. The van der Waals surface area contributed by atoms with Gasteiger partial charge in [0.25, 0.3) is 0 Å². The number of carbonyl (C=O) groups excluding carboxylic acids is 1. The third-order valence-corrected chi connectivity index (χ3v) is 4.10. The Morgan fingerprint density at radius 1 is 1.30 bits per heavy atom. The van der Waals surface area contributed by atoms with E-state index in [1.807, 2.05) is 18.2 Å². The smallest absolute Gasteiger partial charge is 0.313 e. The van der Waals surface area contributed by atoms with Crippen LogP contribution in [0.4, 0.5) is 5.82 Å². The zero-order valence-electron chi connectivity index (χ0n) is 12.6. The fourth-order valence-corrected chi connectivity index (χ4v) is 3.05. The number of pyridine rings is 1. The summed E-state index contributed by atoms with van der Waals surface area (Å²) in [5.74, 6) is 2.17. The quantitative estimate of drug-likeness (QED) is 0.873. The molecule has 1 aliphatic heterocycles. The van der Waals surface area contributed by atoms with Crippen LogP contribution in [0, 0.1) is 5.92 Å². The Hall–Kier alpha value is -2.76. The Labute approximate surface area is 133 Å².